The minimum atomic E-state index is 0.250. The molecule has 0 unspecified atom stereocenters. The summed E-state index contributed by atoms with van der Waals surface area (Å²) in [6.07, 6.45) is 8.35. The molecule has 134 valence electrons. The summed E-state index contributed by atoms with van der Waals surface area (Å²) in [5.41, 5.74) is 4.75. The molecule has 2 aromatic carbocycles. The Morgan fingerprint density at radius 2 is 1.37 bits per heavy atom. The van der Waals surface area contributed by atoms with E-state index in [9.17, 15) is 0 Å². The highest BCUT2D eigenvalue weighted by molar-refractivity contribution is 5.96. The van der Waals surface area contributed by atoms with Gasteiger partial charge in [0.25, 0.3) is 0 Å². The molecule has 0 saturated heterocycles. The summed E-state index contributed by atoms with van der Waals surface area (Å²) < 4.78 is 2.42. The maximum Gasteiger partial charge on any atom is 0.148 e. The number of fused-ring (bicyclic) bond motifs is 5. The van der Waals surface area contributed by atoms with Crippen molar-refractivity contribution in [2.45, 2.75) is 43.9 Å². The van der Waals surface area contributed by atoms with Gasteiger partial charge in [0.15, 0.2) is 0 Å². The Kier molecular flexibility index (Phi) is 2.65. The highest BCUT2D eigenvalue weighted by atomic mass is 15.1. The van der Waals surface area contributed by atoms with E-state index in [0.29, 0.717) is 0 Å². The predicted octanol–water partition coefficient (Wildman–Crippen LogP) is 5.50. The molecule has 2 heterocycles. The molecule has 3 heteroatoms. The zero-order chi connectivity index (χ0) is 17.6. The first-order valence-electron chi connectivity index (χ1n) is 10.5. The van der Waals surface area contributed by atoms with Crippen LogP contribution in [0, 0.1) is 17.8 Å². The van der Waals surface area contributed by atoms with Gasteiger partial charge in [-0.05, 0) is 80.5 Å². The molecule has 0 amide bonds. The lowest BCUT2D eigenvalue weighted by Gasteiger charge is -2.56. The molecule has 8 rings (SSSR count). The Hall–Kier alpha value is -2.42. The standard InChI is InChI=1S/C24H23N3/c1-2-6-19-18(5-1)22-25-20-7-3-4-8-21(20)27(22)23(26-19)24-12-15-9-16(13-24)11-17(10-15)14-24/h1-8,15-17H,9-14H2. The number of benzene rings is 2. The summed E-state index contributed by atoms with van der Waals surface area (Å²) >= 11 is 0. The van der Waals surface area contributed by atoms with Gasteiger partial charge in [-0.25, -0.2) is 9.97 Å². The van der Waals surface area contributed by atoms with Crippen LogP contribution in [0.2, 0.25) is 0 Å². The number of para-hydroxylation sites is 3. The monoisotopic (exact) mass is 353 g/mol. The molecule has 4 aromatic rings. The molecule has 3 nitrogen and oxygen atoms in total. The predicted molar refractivity (Wildman–Crippen MR) is 108 cm³/mol. The van der Waals surface area contributed by atoms with Crippen LogP contribution in [0.1, 0.15) is 44.3 Å². The Balaban J connectivity index is 1.62. The van der Waals surface area contributed by atoms with Gasteiger partial charge in [-0.1, -0.05) is 24.3 Å². The van der Waals surface area contributed by atoms with Crippen molar-refractivity contribution < 1.29 is 0 Å². The third-order valence-electron chi connectivity index (χ3n) is 7.66. The molecule has 4 bridgehead atoms. The molecule has 0 atom stereocenters. The van der Waals surface area contributed by atoms with E-state index in [0.717, 1.165) is 34.4 Å². The van der Waals surface area contributed by atoms with Crippen LogP contribution in [-0.2, 0) is 5.41 Å². The summed E-state index contributed by atoms with van der Waals surface area (Å²) in [4.78, 5) is 10.4. The molecule has 4 fully saturated rings. The van der Waals surface area contributed by atoms with Crippen LogP contribution in [0.4, 0.5) is 0 Å². The van der Waals surface area contributed by atoms with Gasteiger partial charge in [-0.3, -0.25) is 4.40 Å². The lowest BCUT2D eigenvalue weighted by molar-refractivity contribution is -0.00964. The van der Waals surface area contributed by atoms with Gasteiger partial charge >= 0.3 is 0 Å². The lowest BCUT2D eigenvalue weighted by Crippen LogP contribution is -2.49. The first-order valence-corrected chi connectivity index (χ1v) is 10.5. The Labute approximate surface area is 158 Å². The molecule has 27 heavy (non-hydrogen) atoms. The van der Waals surface area contributed by atoms with E-state index < -0.39 is 0 Å². The van der Waals surface area contributed by atoms with Crippen LogP contribution in [0.15, 0.2) is 48.5 Å². The third kappa shape index (κ3) is 1.87. The van der Waals surface area contributed by atoms with E-state index in [-0.39, 0.29) is 5.41 Å². The molecule has 0 N–H and O–H groups in total. The highest BCUT2D eigenvalue weighted by Gasteiger charge is 2.53. The van der Waals surface area contributed by atoms with E-state index in [1.54, 1.807) is 0 Å². The molecule has 0 aliphatic heterocycles. The van der Waals surface area contributed by atoms with Crippen molar-refractivity contribution in [1.29, 1.82) is 0 Å². The van der Waals surface area contributed by atoms with Crippen LogP contribution in [0.5, 0.6) is 0 Å². The van der Waals surface area contributed by atoms with Crippen molar-refractivity contribution in [2.75, 3.05) is 0 Å². The van der Waals surface area contributed by atoms with Crippen molar-refractivity contribution in [3.63, 3.8) is 0 Å². The van der Waals surface area contributed by atoms with Crippen LogP contribution in [0.25, 0.3) is 27.6 Å². The van der Waals surface area contributed by atoms with Gasteiger partial charge in [0.2, 0.25) is 0 Å². The second-order valence-electron chi connectivity index (χ2n) is 9.41. The van der Waals surface area contributed by atoms with Crippen molar-refractivity contribution in [3.8, 4) is 0 Å². The van der Waals surface area contributed by atoms with Crippen LogP contribution in [0.3, 0.4) is 0 Å². The molecule has 4 saturated carbocycles. The topological polar surface area (TPSA) is 30.2 Å². The second kappa shape index (κ2) is 4.89. The van der Waals surface area contributed by atoms with E-state index in [1.165, 1.54) is 55.3 Å². The smallest absolute Gasteiger partial charge is 0.148 e. The van der Waals surface area contributed by atoms with Gasteiger partial charge in [-0.15, -0.1) is 0 Å². The number of aromatic nitrogens is 3. The van der Waals surface area contributed by atoms with Gasteiger partial charge in [0.1, 0.15) is 11.5 Å². The van der Waals surface area contributed by atoms with Crippen molar-refractivity contribution in [2.24, 2.45) is 17.8 Å². The molecule has 2 aromatic heterocycles. The Bertz CT molecular complexity index is 1180. The summed E-state index contributed by atoms with van der Waals surface area (Å²) in [6.45, 7) is 0. The number of rotatable bonds is 1. The van der Waals surface area contributed by atoms with E-state index in [1.807, 2.05) is 0 Å². The van der Waals surface area contributed by atoms with Crippen LogP contribution >= 0.6 is 0 Å². The Morgan fingerprint density at radius 1 is 0.741 bits per heavy atom. The molecule has 0 spiro atoms. The summed E-state index contributed by atoms with van der Waals surface area (Å²) in [5.74, 6) is 4.03. The van der Waals surface area contributed by atoms with Gasteiger partial charge in [0.05, 0.1) is 16.6 Å². The first kappa shape index (κ1) is 14.6. The third-order valence-corrected chi connectivity index (χ3v) is 7.66. The minimum Gasteiger partial charge on any atom is -0.279 e. The zero-order valence-electron chi connectivity index (χ0n) is 15.4. The minimum absolute atomic E-state index is 0.250. The zero-order valence-corrected chi connectivity index (χ0v) is 15.4. The fourth-order valence-electron chi connectivity index (χ4n) is 7.09. The van der Waals surface area contributed by atoms with Gasteiger partial charge in [0, 0.05) is 10.8 Å². The summed E-state index contributed by atoms with van der Waals surface area (Å²) in [5, 5.41) is 1.17. The fraction of sp³-hybridized carbons (Fsp3) is 0.417. The number of imidazole rings is 1. The van der Waals surface area contributed by atoms with Gasteiger partial charge in [-0.2, -0.15) is 0 Å². The van der Waals surface area contributed by atoms with Gasteiger partial charge < -0.3 is 0 Å². The average molecular weight is 353 g/mol. The normalized spacial score (nSPS) is 32.1. The van der Waals surface area contributed by atoms with E-state index in [4.69, 9.17) is 9.97 Å². The second-order valence-corrected chi connectivity index (χ2v) is 9.41. The van der Waals surface area contributed by atoms with Crippen molar-refractivity contribution >= 4 is 27.6 Å². The SMILES string of the molecule is c1ccc2c(c1)nc(C13CC4CC(CC(C4)C1)C3)n1c3ccccc3nc21. The highest BCUT2D eigenvalue weighted by Crippen LogP contribution is 2.60. The van der Waals surface area contributed by atoms with Crippen molar-refractivity contribution in [1.82, 2.24) is 14.4 Å². The van der Waals surface area contributed by atoms with Crippen LogP contribution < -0.4 is 0 Å². The molecule has 4 aliphatic carbocycles. The number of hydrogen-bond acceptors (Lipinski definition) is 2. The maximum atomic E-state index is 5.34. The Morgan fingerprint density at radius 3 is 2.11 bits per heavy atom. The molecule has 4 aliphatic rings. The fourth-order valence-corrected chi connectivity index (χ4v) is 7.09. The number of hydrogen-bond donors (Lipinski definition) is 0. The lowest BCUT2D eigenvalue weighted by atomic mass is 9.49. The molecule has 0 radical (unpaired) electrons. The molecular formula is C24H23N3. The first-order chi connectivity index (χ1) is 13.3. The van der Waals surface area contributed by atoms with Crippen molar-refractivity contribution in [3.05, 3.63) is 54.4 Å². The average Bonchev–Trinajstić information content (AvgIpc) is 3.06. The number of nitrogens with zero attached hydrogens (tertiary/aromatic N) is 3. The quantitative estimate of drug-likeness (QED) is 0.452. The van der Waals surface area contributed by atoms with Crippen LogP contribution in [-0.4, -0.2) is 14.4 Å². The van der Waals surface area contributed by atoms with E-state index in [2.05, 4.69) is 52.9 Å². The molecular weight excluding hydrogens is 330 g/mol. The largest absolute Gasteiger partial charge is 0.279 e. The summed E-state index contributed by atoms with van der Waals surface area (Å²) in [6, 6.07) is 17.1. The van der Waals surface area contributed by atoms with E-state index >= 15 is 0 Å². The maximum absolute atomic E-state index is 5.34. The summed E-state index contributed by atoms with van der Waals surface area (Å²) in [7, 11) is 0.